The quantitative estimate of drug-likeness (QED) is 0.484. The number of benzene rings is 3. The number of phenolic OH excluding ortho intramolecular Hbond substituents is 1. The molecule has 0 unspecified atom stereocenters. The third kappa shape index (κ3) is 3.37. The van der Waals surface area contributed by atoms with Gasteiger partial charge in [-0.25, -0.2) is 5.43 Å². The fourth-order valence-corrected chi connectivity index (χ4v) is 2.98. The molecule has 0 saturated heterocycles. The van der Waals surface area contributed by atoms with Crippen LogP contribution >= 0.6 is 0 Å². The molecular formula is C21H17N3O4. The molecule has 3 aromatic rings. The molecule has 0 fully saturated rings. The molecule has 7 heteroatoms. The van der Waals surface area contributed by atoms with Gasteiger partial charge >= 0.3 is 0 Å². The summed E-state index contributed by atoms with van der Waals surface area (Å²) in [6, 6.07) is 15.9. The molecule has 0 radical (unpaired) electrons. The second kappa shape index (κ2) is 7.03. The van der Waals surface area contributed by atoms with Gasteiger partial charge in [0.2, 0.25) is 0 Å². The Bertz CT molecular complexity index is 1140. The van der Waals surface area contributed by atoms with E-state index in [9.17, 15) is 14.7 Å². The molecule has 0 aromatic heterocycles. The predicted octanol–water partition coefficient (Wildman–Crippen LogP) is 3.03. The minimum atomic E-state index is -0.516. The molecule has 140 valence electrons. The molecule has 3 N–H and O–H groups in total. The molecule has 7 nitrogen and oxygen atoms in total. The fraction of sp³-hybridized carbons (Fsp3) is 0.0952. The van der Waals surface area contributed by atoms with E-state index in [0.29, 0.717) is 22.7 Å². The lowest BCUT2D eigenvalue weighted by atomic mass is 10.1. The molecule has 0 spiro atoms. The van der Waals surface area contributed by atoms with Crippen molar-refractivity contribution in [1.29, 1.82) is 0 Å². The Morgan fingerprint density at radius 3 is 2.68 bits per heavy atom. The maximum Gasteiger partial charge on any atom is 0.275 e. The van der Waals surface area contributed by atoms with Crippen molar-refractivity contribution in [2.75, 3.05) is 11.9 Å². The van der Waals surface area contributed by atoms with Crippen LogP contribution in [0.2, 0.25) is 0 Å². The van der Waals surface area contributed by atoms with E-state index in [1.54, 1.807) is 37.3 Å². The maximum absolute atomic E-state index is 12.5. The summed E-state index contributed by atoms with van der Waals surface area (Å²) >= 11 is 0. The van der Waals surface area contributed by atoms with Gasteiger partial charge in [0, 0.05) is 0 Å². The van der Waals surface area contributed by atoms with E-state index in [0.717, 1.165) is 10.8 Å². The SMILES string of the molecule is C/C(=N/NC(=O)c1cc2ccccc2cc1O)c1ccc2c(c1)NC(=O)CO2. The molecule has 0 atom stereocenters. The number of ether oxygens (including phenoxy) is 1. The van der Waals surface area contributed by atoms with E-state index in [2.05, 4.69) is 15.8 Å². The molecule has 0 aliphatic carbocycles. The number of hydrazone groups is 1. The minimum Gasteiger partial charge on any atom is -0.507 e. The minimum absolute atomic E-state index is 0.00920. The molecule has 3 aromatic carbocycles. The third-order valence-corrected chi connectivity index (χ3v) is 4.46. The summed E-state index contributed by atoms with van der Waals surface area (Å²) in [4.78, 5) is 23.9. The van der Waals surface area contributed by atoms with Gasteiger partial charge in [0.25, 0.3) is 11.8 Å². The zero-order chi connectivity index (χ0) is 19.7. The first-order valence-corrected chi connectivity index (χ1v) is 8.65. The van der Waals surface area contributed by atoms with Gasteiger partial charge in [0.1, 0.15) is 11.5 Å². The van der Waals surface area contributed by atoms with Crippen LogP contribution in [0.15, 0.2) is 59.7 Å². The highest BCUT2D eigenvalue weighted by Gasteiger charge is 2.17. The van der Waals surface area contributed by atoms with Crippen molar-refractivity contribution in [2.45, 2.75) is 6.92 Å². The lowest BCUT2D eigenvalue weighted by Crippen LogP contribution is -2.25. The number of nitrogens with zero attached hydrogens (tertiary/aromatic N) is 1. The number of fused-ring (bicyclic) bond motifs is 2. The molecular weight excluding hydrogens is 358 g/mol. The smallest absolute Gasteiger partial charge is 0.275 e. The van der Waals surface area contributed by atoms with Crippen LogP contribution < -0.4 is 15.5 Å². The first-order valence-electron chi connectivity index (χ1n) is 8.65. The molecule has 4 rings (SSSR count). The zero-order valence-corrected chi connectivity index (χ0v) is 15.0. The van der Waals surface area contributed by atoms with Gasteiger partial charge in [-0.15, -0.1) is 0 Å². The van der Waals surface area contributed by atoms with E-state index in [1.165, 1.54) is 0 Å². The average Bonchev–Trinajstić information content (AvgIpc) is 2.70. The largest absolute Gasteiger partial charge is 0.507 e. The number of amides is 2. The summed E-state index contributed by atoms with van der Waals surface area (Å²) < 4.78 is 5.33. The van der Waals surface area contributed by atoms with Crippen LogP contribution in [-0.2, 0) is 4.79 Å². The third-order valence-electron chi connectivity index (χ3n) is 4.46. The Morgan fingerprint density at radius 1 is 1.14 bits per heavy atom. The summed E-state index contributed by atoms with van der Waals surface area (Å²) in [6.07, 6.45) is 0. The number of anilines is 1. The second-order valence-electron chi connectivity index (χ2n) is 6.40. The Labute approximate surface area is 160 Å². The van der Waals surface area contributed by atoms with Crippen molar-refractivity contribution in [2.24, 2.45) is 5.10 Å². The van der Waals surface area contributed by atoms with Gasteiger partial charge in [0.05, 0.1) is 17.0 Å². The van der Waals surface area contributed by atoms with Gasteiger partial charge in [-0.2, -0.15) is 5.10 Å². The normalized spacial score (nSPS) is 13.5. The summed E-state index contributed by atoms with van der Waals surface area (Å²) in [5, 5.41) is 18.7. The number of hydrogen-bond acceptors (Lipinski definition) is 5. The van der Waals surface area contributed by atoms with Gasteiger partial charge in [0.15, 0.2) is 6.61 Å². The maximum atomic E-state index is 12.5. The van der Waals surface area contributed by atoms with Crippen molar-refractivity contribution in [3.05, 3.63) is 65.7 Å². The van der Waals surface area contributed by atoms with Crippen molar-refractivity contribution < 1.29 is 19.4 Å². The summed E-state index contributed by atoms with van der Waals surface area (Å²) in [7, 11) is 0. The standard InChI is InChI=1S/C21H17N3O4/c1-12(13-6-7-19-17(9-13)22-20(26)11-28-19)23-24-21(27)16-8-14-4-2-3-5-15(14)10-18(16)25/h2-10,25H,11H2,1H3,(H,22,26)(H,24,27)/b23-12-. The first kappa shape index (κ1) is 17.5. The van der Waals surface area contributed by atoms with Crippen molar-refractivity contribution in [3.8, 4) is 11.5 Å². The Hall–Kier alpha value is -3.87. The zero-order valence-electron chi connectivity index (χ0n) is 15.0. The van der Waals surface area contributed by atoms with Crippen LogP contribution in [0.4, 0.5) is 5.69 Å². The number of rotatable bonds is 3. The van der Waals surface area contributed by atoms with Crippen LogP contribution in [0.3, 0.4) is 0 Å². The Morgan fingerprint density at radius 2 is 1.89 bits per heavy atom. The topological polar surface area (TPSA) is 100 Å². The van der Waals surface area contributed by atoms with Crippen LogP contribution in [0, 0.1) is 0 Å². The Balaban J connectivity index is 1.55. The van der Waals surface area contributed by atoms with Gasteiger partial charge in [-0.3, -0.25) is 9.59 Å². The van der Waals surface area contributed by atoms with Crippen LogP contribution in [0.25, 0.3) is 10.8 Å². The molecule has 28 heavy (non-hydrogen) atoms. The molecule has 1 heterocycles. The lowest BCUT2D eigenvalue weighted by molar-refractivity contribution is -0.118. The van der Waals surface area contributed by atoms with Crippen molar-refractivity contribution >= 4 is 34.0 Å². The fourth-order valence-electron chi connectivity index (χ4n) is 2.98. The number of carbonyl (C=O) groups is 2. The van der Waals surface area contributed by atoms with Gasteiger partial charge in [-0.05, 0) is 53.6 Å². The molecule has 0 bridgehead atoms. The van der Waals surface area contributed by atoms with Crippen LogP contribution in [0.1, 0.15) is 22.8 Å². The highest BCUT2D eigenvalue weighted by atomic mass is 16.5. The van der Waals surface area contributed by atoms with Crippen molar-refractivity contribution in [3.63, 3.8) is 0 Å². The van der Waals surface area contributed by atoms with Crippen LogP contribution in [-0.4, -0.2) is 29.2 Å². The Kier molecular flexibility index (Phi) is 4.41. The van der Waals surface area contributed by atoms with E-state index in [1.807, 2.05) is 24.3 Å². The molecule has 2 amide bonds. The van der Waals surface area contributed by atoms with E-state index in [4.69, 9.17) is 4.74 Å². The van der Waals surface area contributed by atoms with Gasteiger partial charge < -0.3 is 15.2 Å². The average molecular weight is 375 g/mol. The number of carbonyl (C=O) groups excluding carboxylic acids is 2. The number of hydrogen-bond donors (Lipinski definition) is 3. The molecule has 0 saturated carbocycles. The predicted molar refractivity (Wildman–Crippen MR) is 106 cm³/mol. The van der Waals surface area contributed by atoms with Gasteiger partial charge in [-0.1, -0.05) is 24.3 Å². The first-order chi connectivity index (χ1) is 13.5. The lowest BCUT2D eigenvalue weighted by Gasteiger charge is -2.18. The van der Waals surface area contributed by atoms with Crippen LogP contribution in [0.5, 0.6) is 11.5 Å². The number of nitrogens with one attached hydrogen (secondary N) is 2. The van der Waals surface area contributed by atoms with E-state index >= 15 is 0 Å². The van der Waals surface area contributed by atoms with E-state index in [-0.39, 0.29) is 23.8 Å². The highest BCUT2D eigenvalue weighted by molar-refractivity contribution is 6.05. The monoisotopic (exact) mass is 375 g/mol. The summed E-state index contributed by atoms with van der Waals surface area (Å²) in [5.74, 6) is -0.268. The molecule has 1 aliphatic heterocycles. The number of phenols is 1. The molecule has 1 aliphatic rings. The number of aromatic hydroxyl groups is 1. The highest BCUT2D eigenvalue weighted by Crippen LogP contribution is 2.29. The van der Waals surface area contributed by atoms with Crippen molar-refractivity contribution in [1.82, 2.24) is 5.43 Å². The summed E-state index contributed by atoms with van der Waals surface area (Å²) in [6.45, 7) is 1.72. The van der Waals surface area contributed by atoms with E-state index < -0.39 is 5.91 Å². The summed E-state index contributed by atoms with van der Waals surface area (Å²) in [5.41, 5.74) is 4.41. The second-order valence-corrected chi connectivity index (χ2v) is 6.40.